The number of carbonyl (C=O) groups excluding carboxylic acids is 1. The molecule has 0 aliphatic rings. The van der Waals surface area contributed by atoms with E-state index >= 15 is 0 Å². The Kier molecular flexibility index (Phi) is 4.63. The third-order valence-electron chi connectivity index (χ3n) is 3.84. The highest BCUT2D eigenvalue weighted by molar-refractivity contribution is 6.30. The van der Waals surface area contributed by atoms with Gasteiger partial charge in [0.2, 0.25) is 5.82 Å². The molecular weight excluding hydrogens is 364 g/mol. The van der Waals surface area contributed by atoms with Crippen LogP contribution in [-0.2, 0) is 0 Å². The zero-order chi connectivity index (χ0) is 18.6. The number of amides is 1. The fraction of sp³-hybridized carbons (Fsp3) is 0. The van der Waals surface area contributed by atoms with Crippen LogP contribution in [0.1, 0.15) is 10.4 Å². The number of pyridine rings is 1. The van der Waals surface area contributed by atoms with Gasteiger partial charge in [-0.05, 0) is 48.5 Å². The lowest BCUT2D eigenvalue weighted by molar-refractivity contribution is 0.102. The second-order valence-corrected chi connectivity index (χ2v) is 6.08. The SMILES string of the molecule is O=C(Nc1ccccn1)c1ccccc1-c1nc(-c2ccc(Cl)cc2)no1. The smallest absolute Gasteiger partial charge is 0.259 e. The number of anilines is 1. The third-order valence-corrected chi connectivity index (χ3v) is 4.09. The van der Waals surface area contributed by atoms with Crippen LogP contribution < -0.4 is 5.32 Å². The van der Waals surface area contributed by atoms with Crippen molar-refractivity contribution < 1.29 is 9.32 Å². The minimum Gasteiger partial charge on any atom is -0.334 e. The second kappa shape index (κ2) is 7.39. The maximum absolute atomic E-state index is 12.7. The Bertz CT molecular complexity index is 1080. The maximum atomic E-state index is 12.7. The van der Waals surface area contributed by atoms with Gasteiger partial charge in [-0.3, -0.25) is 4.79 Å². The van der Waals surface area contributed by atoms with Crippen LogP contribution in [0, 0.1) is 0 Å². The molecule has 0 fully saturated rings. The number of hydrogen-bond acceptors (Lipinski definition) is 5. The van der Waals surface area contributed by atoms with Gasteiger partial charge in [-0.1, -0.05) is 35.0 Å². The molecule has 0 saturated heterocycles. The number of nitrogens with zero attached hydrogens (tertiary/aromatic N) is 3. The molecule has 0 atom stereocenters. The first-order valence-corrected chi connectivity index (χ1v) is 8.50. The van der Waals surface area contributed by atoms with Crippen molar-refractivity contribution in [3.8, 4) is 22.8 Å². The molecule has 2 aromatic heterocycles. The molecule has 27 heavy (non-hydrogen) atoms. The van der Waals surface area contributed by atoms with Crippen LogP contribution >= 0.6 is 11.6 Å². The van der Waals surface area contributed by atoms with E-state index in [1.807, 2.05) is 0 Å². The van der Waals surface area contributed by atoms with Gasteiger partial charge in [0, 0.05) is 16.8 Å². The van der Waals surface area contributed by atoms with Crippen LogP contribution in [0.25, 0.3) is 22.8 Å². The van der Waals surface area contributed by atoms with Crippen molar-refractivity contribution >= 4 is 23.3 Å². The molecule has 4 rings (SSSR count). The molecule has 0 aliphatic heterocycles. The molecule has 132 valence electrons. The molecular formula is C20H13ClN4O2. The van der Waals surface area contributed by atoms with Crippen LogP contribution in [0.2, 0.25) is 5.02 Å². The van der Waals surface area contributed by atoms with Gasteiger partial charge in [0.1, 0.15) is 5.82 Å². The van der Waals surface area contributed by atoms with E-state index in [1.54, 1.807) is 72.9 Å². The molecule has 0 unspecified atom stereocenters. The summed E-state index contributed by atoms with van der Waals surface area (Å²) in [4.78, 5) is 21.2. The Morgan fingerprint density at radius 3 is 2.52 bits per heavy atom. The largest absolute Gasteiger partial charge is 0.334 e. The lowest BCUT2D eigenvalue weighted by atomic mass is 10.1. The van der Waals surface area contributed by atoms with E-state index in [2.05, 4.69) is 20.4 Å². The third kappa shape index (κ3) is 3.70. The minimum absolute atomic E-state index is 0.256. The second-order valence-electron chi connectivity index (χ2n) is 5.64. The summed E-state index contributed by atoms with van der Waals surface area (Å²) in [5.41, 5.74) is 1.72. The highest BCUT2D eigenvalue weighted by Crippen LogP contribution is 2.26. The molecule has 6 nitrogen and oxygen atoms in total. The highest BCUT2D eigenvalue weighted by Gasteiger charge is 2.18. The first kappa shape index (κ1) is 16.9. The summed E-state index contributed by atoms with van der Waals surface area (Å²) >= 11 is 5.91. The first-order valence-electron chi connectivity index (χ1n) is 8.12. The van der Waals surface area contributed by atoms with Crippen LogP contribution in [0.3, 0.4) is 0 Å². The predicted molar refractivity (Wildman–Crippen MR) is 102 cm³/mol. The molecule has 1 N–H and O–H groups in total. The van der Waals surface area contributed by atoms with Gasteiger partial charge in [-0.25, -0.2) is 4.98 Å². The topological polar surface area (TPSA) is 80.9 Å². The van der Waals surface area contributed by atoms with Crippen molar-refractivity contribution in [2.24, 2.45) is 0 Å². The van der Waals surface area contributed by atoms with Crippen LogP contribution in [0.15, 0.2) is 77.4 Å². The molecule has 1 amide bonds. The standard InChI is InChI=1S/C20H13ClN4O2/c21-14-10-8-13(9-11-14)18-24-20(27-25-18)16-6-2-1-5-15(16)19(26)23-17-7-3-4-12-22-17/h1-12H,(H,22,23,26). The Hall–Kier alpha value is -3.51. The number of aromatic nitrogens is 3. The van der Waals surface area contributed by atoms with Crippen molar-refractivity contribution in [1.29, 1.82) is 0 Å². The van der Waals surface area contributed by atoms with Gasteiger partial charge in [0.15, 0.2) is 0 Å². The minimum atomic E-state index is -0.310. The lowest BCUT2D eigenvalue weighted by Crippen LogP contribution is -2.14. The summed E-state index contributed by atoms with van der Waals surface area (Å²) in [6, 6.07) is 19.4. The fourth-order valence-corrected chi connectivity index (χ4v) is 2.66. The van der Waals surface area contributed by atoms with Crippen molar-refractivity contribution in [3.63, 3.8) is 0 Å². The Morgan fingerprint density at radius 2 is 1.74 bits per heavy atom. The number of nitrogens with one attached hydrogen (secondary N) is 1. The van der Waals surface area contributed by atoms with Crippen LogP contribution in [0.5, 0.6) is 0 Å². The molecule has 7 heteroatoms. The normalized spacial score (nSPS) is 10.6. The van der Waals surface area contributed by atoms with E-state index < -0.39 is 0 Å². The van der Waals surface area contributed by atoms with E-state index in [0.29, 0.717) is 27.8 Å². The molecule has 0 aliphatic carbocycles. The predicted octanol–water partition coefficient (Wildman–Crippen LogP) is 4.70. The number of carbonyl (C=O) groups is 1. The Labute approximate surface area is 159 Å². The molecule has 2 aromatic carbocycles. The molecule has 0 bridgehead atoms. The maximum Gasteiger partial charge on any atom is 0.259 e. The average molecular weight is 377 g/mol. The Balaban J connectivity index is 1.65. The van der Waals surface area contributed by atoms with Crippen LogP contribution in [-0.4, -0.2) is 21.0 Å². The monoisotopic (exact) mass is 376 g/mol. The summed E-state index contributed by atoms with van der Waals surface area (Å²) < 4.78 is 5.39. The van der Waals surface area contributed by atoms with E-state index in [1.165, 1.54) is 0 Å². The van der Waals surface area contributed by atoms with Crippen molar-refractivity contribution in [2.45, 2.75) is 0 Å². The van der Waals surface area contributed by atoms with Crippen molar-refractivity contribution in [2.75, 3.05) is 5.32 Å². The molecule has 4 aromatic rings. The van der Waals surface area contributed by atoms with Crippen molar-refractivity contribution in [1.82, 2.24) is 15.1 Å². The van der Waals surface area contributed by atoms with E-state index in [4.69, 9.17) is 16.1 Å². The molecule has 2 heterocycles. The quantitative estimate of drug-likeness (QED) is 0.558. The first-order chi connectivity index (χ1) is 13.2. The summed E-state index contributed by atoms with van der Waals surface area (Å²) in [6.45, 7) is 0. The van der Waals surface area contributed by atoms with Gasteiger partial charge in [-0.15, -0.1) is 0 Å². The van der Waals surface area contributed by atoms with Gasteiger partial charge < -0.3 is 9.84 Å². The van der Waals surface area contributed by atoms with E-state index in [9.17, 15) is 4.79 Å². The summed E-state index contributed by atoms with van der Waals surface area (Å²) in [5.74, 6) is 0.827. The van der Waals surface area contributed by atoms with Crippen LogP contribution in [0.4, 0.5) is 5.82 Å². The summed E-state index contributed by atoms with van der Waals surface area (Å²) in [6.07, 6.45) is 1.61. The number of hydrogen-bond donors (Lipinski definition) is 1. The highest BCUT2D eigenvalue weighted by atomic mass is 35.5. The van der Waals surface area contributed by atoms with E-state index in [0.717, 1.165) is 5.56 Å². The molecule has 0 spiro atoms. The van der Waals surface area contributed by atoms with Gasteiger partial charge >= 0.3 is 0 Å². The van der Waals surface area contributed by atoms with Gasteiger partial charge in [0.05, 0.1) is 11.1 Å². The zero-order valence-corrected chi connectivity index (χ0v) is 14.7. The molecule has 0 radical (unpaired) electrons. The molecule has 0 saturated carbocycles. The van der Waals surface area contributed by atoms with Gasteiger partial charge in [-0.2, -0.15) is 4.98 Å². The van der Waals surface area contributed by atoms with Gasteiger partial charge in [0.25, 0.3) is 11.8 Å². The number of benzene rings is 2. The zero-order valence-electron chi connectivity index (χ0n) is 14.0. The summed E-state index contributed by atoms with van der Waals surface area (Å²) in [7, 11) is 0. The summed E-state index contributed by atoms with van der Waals surface area (Å²) in [5, 5.41) is 7.39. The average Bonchev–Trinajstić information content (AvgIpc) is 3.19. The number of halogens is 1. The fourth-order valence-electron chi connectivity index (χ4n) is 2.54. The number of rotatable bonds is 4. The van der Waals surface area contributed by atoms with E-state index in [-0.39, 0.29) is 11.8 Å². The van der Waals surface area contributed by atoms with Crippen molar-refractivity contribution in [3.05, 3.63) is 83.5 Å². The lowest BCUT2D eigenvalue weighted by Gasteiger charge is -2.06. The Morgan fingerprint density at radius 1 is 0.963 bits per heavy atom.